The first kappa shape index (κ1) is 23.7. The van der Waals surface area contributed by atoms with E-state index in [0.717, 1.165) is 19.1 Å². The van der Waals surface area contributed by atoms with Gasteiger partial charge in [0.25, 0.3) is 0 Å². The van der Waals surface area contributed by atoms with Gasteiger partial charge in [-0.1, -0.05) is 0 Å². The summed E-state index contributed by atoms with van der Waals surface area (Å²) < 4.78 is 32.0. The molecule has 1 aliphatic rings. The highest BCUT2D eigenvalue weighted by Crippen LogP contribution is 2.46. The van der Waals surface area contributed by atoms with Gasteiger partial charge in [-0.3, -0.25) is 4.79 Å². The van der Waals surface area contributed by atoms with Crippen LogP contribution in [0.25, 0.3) is 32.7 Å². The molecule has 190 valence electrons. The Morgan fingerprint density at radius 2 is 1.44 bits per heavy atom. The van der Waals surface area contributed by atoms with E-state index in [4.69, 9.17) is 27.8 Å². The lowest BCUT2D eigenvalue weighted by atomic mass is 9.99. The summed E-state index contributed by atoms with van der Waals surface area (Å²) in [6, 6.07) is 2.10. The number of aromatic hydroxyl groups is 2. The molecule has 1 fully saturated rings. The molecule has 0 radical (unpaired) electrons. The molecule has 0 amide bonds. The Morgan fingerprint density at radius 3 is 1.97 bits per heavy atom. The number of aliphatic hydroxyl groups excluding tert-OH is 2. The minimum atomic E-state index is -1.72. The van der Waals surface area contributed by atoms with Gasteiger partial charge in [0, 0.05) is 17.7 Å². The molecule has 5 unspecified atom stereocenters. The number of phenols is 2. The summed E-state index contributed by atoms with van der Waals surface area (Å²) in [7, 11) is 1.23. The molecule has 5 rings (SSSR count). The summed E-state index contributed by atoms with van der Waals surface area (Å²) >= 11 is 0. The highest BCUT2D eigenvalue weighted by atomic mass is 16.7. The molecular weight excluding hydrogens is 484 g/mol. The van der Waals surface area contributed by atoms with Gasteiger partial charge in [0.2, 0.25) is 17.8 Å². The maximum absolute atomic E-state index is 12.8. The molecule has 0 aliphatic carbocycles. The van der Waals surface area contributed by atoms with Gasteiger partial charge in [-0.05, 0) is 19.1 Å². The van der Waals surface area contributed by atoms with Crippen LogP contribution in [0.5, 0.6) is 23.0 Å². The van der Waals surface area contributed by atoms with Crippen molar-refractivity contribution in [3.05, 3.63) is 33.0 Å². The van der Waals surface area contributed by atoms with E-state index in [1.165, 1.54) is 14.0 Å². The number of carbonyl (C=O) groups is 1. The zero-order valence-corrected chi connectivity index (χ0v) is 19.0. The molecule has 4 aromatic rings. The molecular formula is C23H20O13. The van der Waals surface area contributed by atoms with Crippen LogP contribution in [0.1, 0.15) is 13.8 Å². The predicted octanol–water partition coefficient (Wildman–Crippen LogP) is 0.687. The molecule has 0 spiro atoms. The maximum Gasteiger partial charge on any atom is 0.344 e. The standard InChI is InChI=1S/C23H20O13/c1-6-14(27)20(33-7(2)24)15(28)23(32-6)36-17-11(26)5-9-13-12-8(22(30)35-19(13)17)4-10(25)16(31-3)18(12)34-21(9)29/h4-6,14-15,20,23,25-28H,1-3H3. The van der Waals surface area contributed by atoms with E-state index in [1.807, 2.05) is 0 Å². The number of aliphatic hydroxyl groups is 2. The Kier molecular flexibility index (Phi) is 5.43. The fraction of sp³-hybridized carbons (Fsp3) is 0.348. The van der Waals surface area contributed by atoms with Crippen molar-refractivity contribution in [3.8, 4) is 23.0 Å². The molecule has 0 bridgehead atoms. The fourth-order valence-corrected chi connectivity index (χ4v) is 4.41. The highest BCUT2D eigenvalue weighted by molar-refractivity contribution is 6.22. The van der Waals surface area contributed by atoms with E-state index in [0.29, 0.717) is 0 Å². The van der Waals surface area contributed by atoms with Crippen LogP contribution in [0.4, 0.5) is 0 Å². The predicted molar refractivity (Wildman–Crippen MR) is 120 cm³/mol. The van der Waals surface area contributed by atoms with Crippen molar-refractivity contribution < 1.29 is 53.0 Å². The molecule has 1 saturated heterocycles. The topological polar surface area (TPSA) is 195 Å². The van der Waals surface area contributed by atoms with Gasteiger partial charge in [-0.2, -0.15) is 0 Å². The van der Waals surface area contributed by atoms with E-state index in [1.54, 1.807) is 0 Å². The van der Waals surface area contributed by atoms with E-state index in [9.17, 15) is 34.8 Å². The summed E-state index contributed by atoms with van der Waals surface area (Å²) in [4.78, 5) is 37.0. The van der Waals surface area contributed by atoms with Crippen LogP contribution in [0.15, 0.2) is 30.6 Å². The Labute approximate surface area is 199 Å². The van der Waals surface area contributed by atoms with Crippen LogP contribution in [0.3, 0.4) is 0 Å². The number of benzene rings is 2. The van der Waals surface area contributed by atoms with Gasteiger partial charge in [0.05, 0.1) is 24.0 Å². The Bertz CT molecular complexity index is 1620. The monoisotopic (exact) mass is 504 g/mol. The van der Waals surface area contributed by atoms with Crippen molar-refractivity contribution >= 4 is 38.7 Å². The summed E-state index contributed by atoms with van der Waals surface area (Å²) in [6.45, 7) is 2.53. The largest absolute Gasteiger partial charge is 0.504 e. The van der Waals surface area contributed by atoms with E-state index in [-0.39, 0.29) is 38.5 Å². The Balaban J connectivity index is 1.74. The SMILES string of the molecule is COc1c(O)cc2c(=O)oc3c(OC4OC(C)C(O)C(OC(C)=O)C4O)c(O)cc4c(=O)oc1c2c34. The third-order valence-electron chi connectivity index (χ3n) is 6.03. The maximum atomic E-state index is 12.8. The van der Waals surface area contributed by atoms with E-state index < -0.39 is 65.2 Å². The smallest absolute Gasteiger partial charge is 0.344 e. The molecule has 36 heavy (non-hydrogen) atoms. The third-order valence-corrected chi connectivity index (χ3v) is 6.03. The van der Waals surface area contributed by atoms with Gasteiger partial charge >= 0.3 is 17.2 Å². The normalized spacial score (nSPS) is 24.4. The molecule has 5 atom stereocenters. The van der Waals surface area contributed by atoms with Gasteiger partial charge < -0.3 is 48.2 Å². The van der Waals surface area contributed by atoms with E-state index in [2.05, 4.69) is 0 Å². The number of methoxy groups -OCH3 is 1. The Morgan fingerprint density at radius 1 is 0.917 bits per heavy atom. The first-order chi connectivity index (χ1) is 17.0. The minimum absolute atomic E-state index is 0.0110. The molecule has 0 saturated carbocycles. The van der Waals surface area contributed by atoms with Crippen LogP contribution in [0, 0.1) is 0 Å². The van der Waals surface area contributed by atoms with Crippen LogP contribution < -0.4 is 20.7 Å². The summed E-state index contributed by atoms with van der Waals surface area (Å²) in [6.07, 6.45) is -7.11. The van der Waals surface area contributed by atoms with Crippen molar-refractivity contribution in [2.24, 2.45) is 0 Å². The third kappa shape index (κ3) is 3.39. The average molecular weight is 504 g/mol. The lowest BCUT2D eigenvalue weighted by Gasteiger charge is -2.40. The zero-order chi connectivity index (χ0) is 26.0. The van der Waals surface area contributed by atoms with Gasteiger partial charge in [0.15, 0.2) is 34.9 Å². The highest BCUT2D eigenvalue weighted by Gasteiger charge is 2.46. The lowest BCUT2D eigenvalue weighted by molar-refractivity contribution is -0.272. The first-order valence-corrected chi connectivity index (χ1v) is 10.7. The molecule has 4 N–H and O–H groups in total. The van der Waals surface area contributed by atoms with Crippen LogP contribution in [-0.2, 0) is 14.3 Å². The summed E-state index contributed by atoms with van der Waals surface area (Å²) in [5.74, 6) is -2.59. The molecule has 13 heteroatoms. The molecule has 2 aromatic carbocycles. The van der Waals surface area contributed by atoms with E-state index >= 15 is 0 Å². The molecule has 1 aliphatic heterocycles. The number of rotatable bonds is 4. The number of carbonyl (C=O) groups excluding carboxylic acids is 1. The average Bonchev–Trinajstić information content (AvgIpc) is 2.81. The number of hydrogen-bond donors (Lipinski definition) is 4. The first-order valence-electron chi connectivity index (χ1n) is 10.7. The quantitative estimate of drug-likeness (QED) is 0.172. The fourth-order valence-electron chi connectivity index (χ4n) is 4.41. The Hall–Kier alpha value is -4.07. The summed E-state index contributed by atoms with van der Waals surface area (Å²) in [5, 5.41) is 41.7. The number of phenolic OH excluding ortho intramolecular Hbond substituents is 2. The van der Waals surface area contributed by atoms with Gasteiger partial charge in [0.1, 0.15) is 6.10 Å². The number of hydrogen-bond acceptors (Lipinski definition) is 13. The minimum Gasteiger partial charge on any atom is -0.504 e. The van der Waals surface area contributed by atoms with Crippen molar-refractivity contribution in [2.75, 3.05) is 7.11 Å². The van der Waals surface area contributed by atoms with Gasteiger partial charge in [-0.15, -0.1) is 0 Å². The lowest BCUT2D eigenvalue weighted by Crippen LogP contribution is -2.59. The van der Waals surface area contributed by atoms with Crippen LogP contribution in [0.2, 0.25) is 0 Å². The van der Waals surface area contributed by atoms with Gasteiger partial charge in [-0.25, -0.2) is 9.59 Å². The number of esters is 1. The number of ether oxygens (including phenoxy) is 4. The summed E-state index contributed by atoms with van der Waals surface area (Å²) in [5.41, 5.74) is -2.52. The molecule has 3 heterocycles. The second kappa shape index (κ2) is 8.26. The van der Waals surface area contributed by atoms with Crippen molar-refractivity contribution in [3.63, 3.8) is 0 Å². The van der Waals surface area contributed by atoms with Crippen LogP contribution in [-0.4, -0.2) is 64.2 Å². The second-order valence-electron chi connectivity index (χ2n) is 8.32. The second-order valence-corrected chi connectivity index (χ2v) is 8.32. The van der Waals surface area contributed by atoms with Crippen molar-refractivity contribution in [1.82, 2.24) is 0 Å². The van der Waals surface area contributed by atoms with Crippen LogP contribution >= 0.6 is 0 Å². The zero-order valence-electron chi connectivity index (χ0n) is 19.0. The van der Waals surface area contributed by atoms with Crippen molar-refractivity contribution in [1.29, 1.82) is 0 Å². The van der Waals surface area contributed by atoms with Crippen molar-refractivity contribution in [2.45, 2.75) is 44.6 Å². The molecule has 2 aromatic heterocycles. The molecule has 13 nitrogen and oxygen atoms in total.